The fraction of sp³-hybridized carbons (Fsp3) is 0. The van der Waals surface area contributed by atoms with Gasteiger partial charge in [0.05, 0.1) is 4.90 Å². The van der Waals surface area contributed by atoms with E-state index in [1.807, 2.05) is 0 Å². The Bertz CT molecular complexity index is 627. The molecule has 0 N–H and O–H groups in total. The van der Waals surface area contributed by atoms with Gasteiger partial charge in [-0.05, 0) is 18.2 Å². The molecule has 2 rings (SSSR count). The van der Waals surface area contributed by atoms with Gasteiger partial charge in [0.1, 0.15) is 5.52 Å². The van der Waals surface area contributed by atoms with Crippen molar-refractivity contribution in [1.82, 2.24) is 4.98 Å². The highest BCUT2D eigenvalue weighted by Crippen LogP contribution is 2.22. The van der Waals surface area contributed by atoms with Crippen molar-refractivity contribution in [1.29, 1.82) is 0 Å². The minimum absolute atomic E-state index is 0.126. The van der Waals surface area contributed by atoms with E-state index < -0.39 is 14.9 Å². The summed E-state index contributed by atoms with van der Waals surface area (Å²) in [6, 6.07) is 5.30. The van der Waals surface area contributed by atoms with Crippen LogP contribution in [0, 0.1) is 5.82 Å². The van der Waals surface area contributed by atoms with Crippen molar-refractivity contribution in [3.8, 4) is 0 Å². The largest absolute Gasteiger partial charge is 0.261 e. The van der Waals surface area contributed by atoms with Crippen LogP contribution < -0.4 is 0 Å². The van der Waals surface area contributed by atoms with E-state index in [2.05, 4.69) is 4.98 Å². The summed E-state index contributed by atoms with van der Waals surface area (Å²) in [6.07, 6.45) is 1.43. The molecule has 1 aromatic carbocycles. The predicted octanol–water partition coefficient (Wildman–Crippen LogP) is 2.30. The second-order valence-electron chi connectivity index (χ2n) is 2.92. The number of rotatable bonds is 1. The topological polar surface area (TPSA) is 47.0 Å². The first kappa shape index (κ1) is 10.3. The standard InChI is InChI=1S/C9H5ClFNO2S/c10-15(13,14)7-4-6-2-1-3-12-9(6)8(11)5-7/h1-5H. The Hall–Kier alpha value is -1.20. The van der Waals surface area contributed by atoms with Crippen molar-refractivity contribution in [2.24, 2.45) is 0 Å². The van der Waals surface area contributed by atoms with E-state index in [-0.39, 0.29) is 10.4 Å². The van der Waals surface area contributed by atoms with E-state index in [0.717, 1.165) is 6.07 Å². The second-order valence-corrected chi connectivity index (χ2v) is 5.48. The number of aromatic nitrogens is 1. The first-order valence-electron chi connectivity index (χ1n) is 3.97. The maximum absolute atomic E-state index is 13.4. The molecule has 0 bridgehead atoms. The first-order valence-corrected chi connectivity index (χ1v) is 6.28. The van der Waals surface area contributed by atoms with Crippen molar-refractivity contribution in [2.45, 2.75) is 4.90 Å². The van der Waals surface area contributed by atoms with E-state index in [0.29, 0.717) is 5.39 Å². The van der Waals surface area contributed by atoms with E-state index in [1.165, 1.54) is 12.3 Å². The minimum Gasteiger partial charge on any atom is -0.253 e. The maximum atomic E-state index is 13.4. The lowest BCUT2D eigenvalue weighted by molar-refractivity contribution is 0.604. The normalized spacial score (nSPS) is 11.9. The molecule has 1 aromatic heterocycles. The lowest BCUT2D eigenvalue weighted by Crippen LogP contribution is -1.93. The van der Waals surface area contributed by atoms with Crippen LogP contribution in [0.15, 0.2) is 35.4 Å². The van der Waals surface area contributed by atoms with Gasteiger partial charge in [-0.25, -0.2) is 12.8 Å². The maximum Gasteiger partial charge on any atom is 0.261 e. The molecular weight excluding hydrogens is 241 g/mol. The number of hydrogen-bond donors (Lipinski definition) is 0. The summed E-state index contributed by atoms with van der Waals surface area (Å²) >= 11 is 0. The van der Waals surface area contributed by atoms with Crippen molar-refractivity contribution in [2.75, 3.05) is 0 Å². The summed E-state index contributed by atoms with van der Waals surface area (Å²) < 4.78 is 35.4. The van der Waals surface area contributed by atoms with Crippen LogP contribution in [0.2, 0.25) is 0 Å². The van der Waals surface area contributed by atoms with Crippen molar-refractivity contribution < 1.29 is 12.8 Å². The molecule has 0 spiro atoms. The Balaban J connectivity index is 2.85. The van der Waals surface area contributed by atoms with Gasteiger partial charge >= 0.3 is 0 Å². The highest BCUT2D eigenvalue weighted by molar-refractivity contribution is 8.13. The van der Waals surface area contributed by atoms with Crippen LogP contribution in [0.3, 0.4) is 0 Å². The number of fused-ring (bicyclic) bond motifs is 1. The van der Waals surface area contributed by atoms with E-state index in [4.69, 9.17) is 10.7 Å². The first-order chi connectivity index (χ1) is 6.98. The van der Waals surface area contributed by atoms with E-state index in [1.54, 1.807) is 12.1 Å². The van der Waals surface area contributed by atoms with Crippen LogP contribution >= 0.6 is 10.7 Å². The quantitative estimate of drug-likeness (QED) is 0.725. The van der Waals surface area contributed by atoms with Crippen LogP contribution in [-0.2, 0) is 9.05 Å². The van der Waals surface area contributed by atoms with Crippen molar-refractivity contribution in [3.63, 3.8) is 0 Å². The van der Waals surface area contributed by atoms with E-state index in [9.17, 15) is 12.8 Å². The average Bonchev–Trinajstić information content (AvgIpc) is 2.16. The molecule has 0 aliphatic rings. The fourth-order valence-corrected chi connectivity index (χ4v) is 2.04. The molecule has 6 heteroatoms. The molecule has 0 aliphatic heterocycles. The Labute approximate surface area is 89.9 Å². The summed E-state index contributed by atoms with van der Waals surface area (Å²) in [7, 11) is 1.20. The molecule has 0 fully saturated rings. The lowest BCUT2D eigenvalue weighted by atomic mass is 10.2. The third kappa shape index (κ3) is 1.93. The third-order valence-corrected chi connectivity index (χ3v) is 3.25. The monoisotopic (exact) mass is 245 g/mol. The van der Waals surface area contributed by atoms with E-state index >= 15 is 0 Å². The Morgan fingerprint density at radius 3 is 2.73 bits per heavy atom. The smallest absolute Gasteiger partial charge is 0.253 e. The van der Waals surface area contributed by atoms with Gasteiger partial charge in [0.25, 0.3) is 9.05 Å². The average molecular weight is 246 g/mol. The highest BCUT2D eigenvalue weighted by Gasteiger charge is 2.13. The van der Waals surface area contributed by atoms with Gasteiger partial charge in [-0.1, -0.05) is 6.07 Å². The van der Waals surface area contributed by atoms with Gasteiger partial charge in [0.15, 0.2) is 5.82 Å². The van der Waals surface area contributed by atoms with Gasteiger partial charge < -0.3 is 0 Å². The molecule has 15 heavy (non-hydrogen) atoms. The fourth-order valence-electron chi connectivity index (χ4n) is 1.26. The number of pyridine rings is 1. The summed E-state index contributed by atoms with van der Waals surface area (Å²) in [5.41, 5.74) is 0.126. The van der Waals surface area contributed by atoms with Crippen molar-refractivity contribution >= 4 is 30.6 Å². The number of halogens is 2. The molecule has 78 valence electrons. The summed E-state index contributed by atoms with van der Waals surface area (Å²) in [5, 5.41) is 0.400. The number of hydrogen-bond acceptors (Lipinski definition) is 3. The molecular formula is C9H5ClFNO2S. The molecule has 0 aliphatic carbocycles. The molecule has 0 saturated carbocycles. The summed E-state index contributed by atoms with van der Waals surface area (Å²) in [4.78, 5) is 3.53. The van der Waals surface area contributed by atoms with Crippen LogP contribution in [0.25, 0.3) is 10.9 Å². The Morgan fingerprint density at radius 1 is 1.33 bits per heavy atom. The van der Waals surface area contributed by atoms with Gasteiger partial charge in [-0.3, -0.25) is 4.98 Å². The molecule has 0 saturated heterocycles. The molecule has 2 aromatic rings. The van der Waals surface area contributed by atoms with Gasteiger partial charge in [-0.15, -0.1) is 0 Å². The predicted molar refractivity (Wildman–Crippen MR) is 54.7 cm³/mol. The van der Waals surface area contributed by atoms with Crippen molar-refractivity contribution in [3.05, 3.63) is 36.3 Å². The molecule has 0 unspecified atom stereocenters. The second kappa shape index (κ2) is 3.43. The Morgan fingerprint density at radius 2 is 2.07 bits per heavy atom. The van der Waals surface area contributed by atoms with Crippen LogP contribution in [-0.4, -0.2) is 13.4 Å². The van der Waals surface area contributed by atoms with Gasteiger partial charge in [0, 0.05) is 22.3 Å². The molecule has 0 atom stereocenters. The zero-order valence-electron chi connectivity index (χ0n) is 7.31. The molecule has 0 radical (unpaired) electrons. The zero-order valence-corrected chi connectivity index (χ0v) is 8.89. The zero-order chi connectivity index (χ0) is 11.1. The lowest BCUT2D eigenvalue weighted by Gasteiger charge is -2.01. The molecule has 1 heterocycles. The summed E-state index contributed by atoms with van der Waals surface area (Å²) in [5.74, 6) is -0.702. The number of nitrogens with zero attached hydrogens (tertiary/aromatic N) is 1. The molecule has 3 nitrogen and oxygen atoms in total. The third-order valence-electron chi connectivity index (χ3n) is 1.91. The van der Waals surface area contributed by atoms with Gasteiger partial charge in [-0.2, -0.15) is 0 Å². The Kier molecular flexibility index (Phi) is 2.36. The number of benzene rings is 1. The molecule has 0 amide bonds. The minimum atomic E-state index is -3.91. The highest BCUT2D eigenvalue weighted by atomic mass is 35.7. The van der Waals surface area contributed by atoms with Crippen LogP contribution in [0.1, 0.15) is 0 Å². The SMILES string of the molecule is O=S(=O)(Cl)c1cc(F)c2ncccc2c1. The van der Waals surface area contributed by atoms with Crippen LogP contribution in [0.4, 0.5) is 4.39 Å². The van der Waals surface area contributed by atoms with Crippen LogP contribution in [0.5, 0.6) is 0 Å². The van der Waals surface area contributed by atoms with Gasteiger partial charge in [0.2, 0.25) is 0 Å². The summed E-state index contributed by atoms with van der Waals surface area (Å²) in [6.45, 7) is 0.